The molecule has 0 spiro atoms. The molecular weight excluding hydrogens is 320 g/mol. The zero-order valence-electron chi connectivity index (χ0n) is 11.8. The Hall–Kier alpha value is -0.710. The minimum Gasteiger partial charge on any atom is -0.352 e. The highest BCUT2D eigenvalue weighted by atomic mass is 79.9. The van der Waals surface area contributed by atoms with Crippen LogP contribution in [0.1, 0.15) is 43.0 Å². The molecule has 0 bridgehead atoms. The Balaban J connectivity index is 1.73. The lowest BCUT2D eigenvalue weighted by atomic mass is 10.0. The minimum absolute atomic E-state index is 0.139. The van der Waals surface area contributed by atoms with E-state index >= 15 is 0 Å². The first-order valence-corrected chi connectivity index (χ1v) is 8.00. The zero-order valence-corrected chi connectivity index (χ0v) is 13.4. The molecule has 0 saturated carbocycles. The van der Waals surface area contributed by atoms with Gasteiger partial charge in [-0.25, -0.2) is 0 Å². The number of ketones is 1. The molecule has 1 heterocycles. The van der Waals surface area contributed by atoms with Gasteiger partial charge in [-0.2, -0.15) is 0 Å². The van der Waals surface area contributed by atoms with Gasteiger partial charge in [-0.3, -0.25) is 4.79 Å². The summed E-state index contributed by atoms with van der Waals surface area (Å²) in [7, 11) is 0. The summed E-state index contributed by atoms with van der Waals surface area (Å²) in [6.07, 6.45) is 3.18. The Morgan fingerprint density at radius 2 is 1.85 bits per heavy atom. The maximum absolute atomic E-state index is 12.0. The SMILES string of the molecule is CCCC1COC(CCC(=O)c2ccc(Br)cc2)OC1. The van der Waals surface area contributed by atoms with E-state index in [0.29, 0.717) is 18.8 Å². The predicted molar refractivity (Wildman–Crippen MR) is 81.8 cm³/mol. The van der Waals surface area contributed by atoms with Crippen LogP contribution in [0.4, 0.5) is 0 Å². The first-order valence-electron chi connectivity index (χ1n) is 7.21. The summed E-state index contributed by atoms with van der Waals surface area (Å²) in [4.78, 5) is 12.0. The van der Waals surface area contributed by atoms with E-state index in [-0.39, 0.29) is 12.1 Å². The van der Waals surface area contributed by atoms with Crippen molar-refractivity contribution in [1.29, 1.82) is 0 Å². The summed E-state index contributed by atoms with van der Waals surface area (Å²) in [5, 5.41) is 0. The van der Waals surface area contributed by atoms with Crippen molar-refractivity contribution in [1.82, 2.24) is 0 Å². The summed E-state index contributed by atoms with van der Waals surface area (Å²) >= 11 is 3.36. The topological polar surface area (TPSA) is 35.5 Å². The number of carbonyl (C=O) groups is 1. The fourth-order valence-electron chi connectivity index (χ4n) is 2.35. The molecule has 1 aromatic rings. The maximum Gasteiger partial charge on any atom is 0.163 e. The Bertz CT molecular complexity index is 422. The molecule has 110 valence electrons. The van der Waals surface area contributed by atoms with Crippen LogP contribution in [0.15, 0.2) is 28.7 Å². The van der Waals surface area contributed by atoms with Crippen LogP contribution in [0.2, 0.25) is 0 Å². The molecule has 2 rings (SSSR count). The molecule has 1 fully saturated rings. The molecule has 0 radical (unpaired) electrons. The number of hydrogen-bond donors (Lipinski definition) is 0. The Morgan fingerprint density at radius 1 is 1.20 bits per heavy atom. The van der Waals surface area contributed by atoms with Crippen LogP contribution in [0.5, 0.6) is 0 Å². The maximum atomic E-state index is 12.0. The number of hydrogen-bond acceptors (Lipinski definition) is 3. The Labute approximate surface area is 128 Å². The minimum atomic E-state index is -0.220. The van der Waals surface area contributed by atoms with Gasteiger partial charge in [0.1, 0.15) is 0 Å². The van der Waals surface area contributed by atoms with Gasteiger partial charge < -0.3 is 9.47 Å². The monoisotopic (exact) mass is 340 g/mol. The van der Waals surface area contributed by atoms with Gasteiger partial charge in [0, 0.05) is 28.8 Å². The molecule has 0 aromatic heterocycles. The van der Waals surface area contributed by atoms with Gasteiger partial charge in [-0.05, 0) is 18.6 Å². The average molecular weight is 341 g/mol. The van der Waals surface area contributed by atoms with E-state index < -0.39 is 0 Å². The first-order chi connectivity index (χ1) is 9.69. The van der Waals surface area contributed by atoms with Gasteiger partial charge in [0.25, 0.3) is 0 Å². The summed E-state index contributed by atoms with van der Waals surface area (Å²) in [6, 6.07) is 7.45. The smallest absolute Gasteiger partial charge is 0.163 e. The van der Waals surface area contributed by atoms with E-state index in [9.17, 15) is 4.79 Å². The van der Waals surface area contributed by atoms with Crippen LogP contribution >= 0.6 is 15.9 Å². The molecule has 3 nitrogen and oxygen atoms in total. The van der Waals surface area contributed by atoms with E-state index in [0.717, 1.165) is 36.1 Å². The molecule has 0 amide bonds. The second-order valence-corrected chi connectivity index (χ2v) is 6.14. The van der Waals surface area contributed by atoms with E-state index in [1.165, 1.54) is 0 Å². The zero-order chi connectivity index (χ0) is 14.4. The van der Waals surface area contributed by atoms with Crippen molar-refractivity contribution in [3.63, 3.8) is 0 Å². The number of rotatable bonds is 6. The van der Waals surface area contributed by atoms with Crippen LogP contribution in [-0.4, -0.2) is 25.3 Å². The van der Waals surface area contributed by atoms with Crippen molar-refractivity contribution >= 4 is 21.7 Å². The van der Waals surface area contributed by atoms with E-state index in [1.807, 2.05) is 24.3 Å². The number of halogens is 1. The Morgan fingerprint density at radius 3 is 2.45 bits per heavy atom. The van der Waals surface area contributed by atoms with Crippen molar-refractivity contribution in [2.75, 3.05) is 13.2 Å². The molecule has 0 unspecified atom stereocenters. The predicted octanol–water partition coefficient (Wildman–Crippen LogP) is 4.20. The first kappa shape index (κ1) is 15.7. The van der Waals surface area contributed by atoms with Crippen molar-refractivity contribution < 1.29 is 14.3 Å². The second kappa shape index (κ2) is 7.91. The summed E-state index contributed by atoms with van der Waals surface area (Å²) in [5.74, 6) is 0.652. The van der Waals surface area contributed by atoms with Gasteiger partial charge in [0.2, 0.25) is 0 Å². The van der Waals surface area contributed by atoms with Crippen LogP contribution < -0.4 is 0 Å². The van der Waals surface area contributed by atoms with Gasteiger partial charge >= 0.3 is 0 Å². The molecule has 0 N–H and O–H groups in total. The van der Waals surface area contributed by atoms with E-state index in [2.05, 4.69) is 22.9 Å². The number of ether oxygens (including phenoxy) is 2. The molecule has 4 heteroatoms. The highest BCUT2D eigenvalue weighted by Crippen LogP contribution is 2.20. The third kappa shape index (κ3) is 4.69. The van der Waals surface area contributed by atoms with Crippen LogP contribution in [0.25, 0.3) is 0 Å². The molecule has 1 aromatic carbocycles. The molecule has 0 atom stereocenters. The average Bonchev–Trinajstić information content (AvgIpc) is 2.47. The molecule has 0 aliphatic carbocycles. The molecule has 1 saturated heterocycles. The van der Waals surface area contributed by atoms with Crippen molar-refractivity contribution in [3.05, 3.63) is 34.3 Å². The van der Waals surface area contributed by atoms with Gasteiger partial charge in [0.15, 0.2) is 12.1 Å². The molecule has 1 aliphatic heterocycles. The van der Waals surface area contributed by atoms with Gasteiger partial charge in [-0.1, -0.05) is 41.4 Å². The van der Waals surface area contributed by atoms with Crippen LogP contribution in [-0.2, 0) is 9.47 Å². The van der Waals surface area contributed by atoms with E-state index in [1.54, 1.807) is 0 Å². The highest BCUT2D eigenvalue weighted by Gasteiger charge is 2.22. The largest absolute Gasteiger partial charge is 0.352 e. The lowest BCUT2D eigenvalue weighted by Crippen LogP contribution is -2.32. The molecule has 1 aliphatic rings. The summed E-state index contributed by atoms with van der Waals surface area (Å²) < 4.78 is 12.3. The Kier molecular flexibility index (Phi) is 6.20. The van der Waals surface area contributed by atoms with Gasteiger partial charge in [-0.15, -0.1) is 0 Å². The number of Topliss-reactive ketones (excluding diaryl/α,β-unsaturated/α-hetero) is 1. The van der Waals surface area contributed by atoms with Gasteiger partial charge in [0.05, 0.1) is 13.2 Å². The fraction of sp³-hybridized carbons (Fsp3) is 0.562. The fourth-order valence-corrected chi connectivity index (χ4v) is 2.62. The molecule has 20 heavy (non-hydrogen) atoms. The van der Waals surface area contributed by atoms with Crippen LogP contribution in [0.3, 0.4) is 0 Å². The van der Waals surface area contributed by atoms with Crippen molar-refractivity contribution in [2.24, 2.45) is 5.92 Å². The van der Waals surface area contributed by atoms with Crippen LogP contribution in [0, 0.1) is 5.92 Å². The quantitative estimate of drug-likeness (QED) is 0.728. The lowest BCUT2D eigenvalue weighted by Gasteiger charge is -2.29. The third-order valence-electron chi connectivity index (χ3n) is 3.51. The summed E-state index contributed by atoms with van der Waals surface area (Å²) in [6.45, 7) is 3.68. The second-order valence-electron chi connectivity index (χ2n) is 5.22. The number of benzene rings is 1. The van der Waals surface area contributed by atoms with Crippen molar-refractivity contribution in [3.8, 4) is 0 Å². The van der Waals surface area contributed by atoms with E-state index in [4.69, 9.17) is 9.47 Å². The molecular formula is C16H21BrO3. The standard InChI is InChI=1S/C16H21BrO3/c1-2-3-12-10-19-16(20-11-12)9-8-15(18)13-4-6-14(17)7-5-13/h4-7,12,16H,2-3,8-11H2,1H3. The third-order valence-corrected chi connectivity index (χ3v) is 4.03. The lowest BCUT2D eigenvalue weighted by molar-refractivity contribution is -0.203. The normalized spacial score (nSPS) is 22.7. The number of carbonyl (C=O) groups excluding carboxylic acids is 1. The van der Waals surface area contributed by atoms with Crippen molar-refractivity contribution in [2.45, 2.75) is 38.9 Å². The highest BCUT2D eigenvalue weighted by molar-refractivity contribution is 9.10. The summed E-state index contributed by atoms with van der Waals surface area (Å²) in [5.41, 5.74) is 0.743.